The first kappa shape index (κ1) is 8.83. The van der Waals surface area contributed by atoms with Crippen molar-refractivity contribution in [3.8, 4) is 5.75 Å². The van der Waals surface area contributed by atoms with Crippen LogP contribution in [0.25, 0.3) is 0 Å². The third-order valence-electron chi connectivity index (χ3n) is 1.41. The molecule has 0 radical (unpaired) electrons. The third kappa shape index (κ3) is 2.36. The van der Waals surface area contributed by atoms with Crippen molar-refractivity contribution in [2.45, 2.75) is 5.12 Å². The summed E-state index contributed by atoms with van der Waals surface area (Å²) in [5, 5.41) is -0.0369. The minimum absolute atomic E-state index is 0.0369. The van der Waals surface area contributed by atoms with Crippen molar-refractivity contribution in [1.82, 2.24) is 0 Å². The smallest absolute Gasteiger partial charge is 0.119 e. The Labute approximate surface area is 73.9 Å². The minimum atomic E-state index is -0.0369. The van der Waals surface area contributed by atoms with E-state index >= 15 is 0 Å². The molecule has 1 nitrogen and oxygen atoms in total. The summed E-state index contributed by atoms with van der Waals surface area (Å²) in [6, 6.07) is 7.71. The van der Waals surface area contributed by atoms with Gasteiger partial charge in [0.25, 0.3) is 0 Å². The Morgan fingerprint density at radius 1 is 1.55 bits per heavy atom. The van der Waals surface area contributed by atoms with E-state index in [0.29, 0.717) is 0 Å². The van der Waals surface area contributed by atoms with Crippen molar-refractivity contribution >= 4 is 20.8 Å². The molecule has 60 valence electrons. The van der Waals surface area contributed by atoms with Gasteiger partial charge in [-0.3, -0.25) is 0 Å². The van der Waals surface area contributed by atoms with Crippen LogP contribution in [0, 0.1) is 0 Å². The van der Waals surface area contributed by atoms with Crippen molar-refractivity contribution in [1.29, 1.82) is 0 Å². The molecule has 0 fully saturated rings. The molecule has 0 aromatic heterocycles. The predicted molar refractivity (Wildman–Crippen MR) is 51.3 cm³/mol. The number of ether oxygens (including phenoxy) is 1. The van der Waals surface area contributed by atoms with Crippen LogP contribution in [0.5, 0.6) is 5.75 Å². The molecule has 0 N–H and O–H groups in total. The van der Waals surface area contributed by atoms with Crippen LogP contribution in [-0.2, 0) is 0 Å². The highest BCUT2D eigenvalue weighted by Gasteiger charge is 2.00. The summed E-state index contributed by atoms with van der Waals surface area (Å²) in [7, 11) is 4.17. The van der Waals surface area contributed by atoms with Crippen LogP contribution < -0.4 is 4.74 Å². The van der Waals surface area contributed by atoms with Crippen LogP contribution >= 0.6 is 20.8 Å². The standard InChI is InChI=1S/C8H10ClOP/c1-10-7-4-2-3-6(5-7)8(9)11/h2-5,8H,11H2,1H3. The fourth-order valence-corrected chi connectivity index (χ4v) is 1.16. The predicted octanol–water partition coefficient (Wildman–Crippen LogP) is 2.81. The maximum Gasteiger partial charge on any atom is 0.119 e. The lowest BCUT2D eigenvalue weighted by molar-refractivity contribution is 0.414. The summed E-state index contributed by atoms with van der Waals surface area (Å²) < 4.78 is 5.04. The monoisotopic (exact) mass is 188 g/mol. The fourth-order valence-electron chi connectivity index (χ4n) is 0.813. The number of halogens is 1. The van der Waals surface area contributed by atoms with E-state index in [9.17, 15) is 0 Å². The van der Waals surface area contributed by atoms with Gasteiger partial charge in [-0.15, -0.1) is 20.8 Å². The summed E-state index contributed by atoms with van der Waals surface area (Å²) in [5.74, 6) is 0.843. The summed E-state index contributed by atoms with van der Waals surface area (Å²) in [5.41, 5.74) is 1.05. The van der Waals surface area contributed by atoms with Crippen LogP contribution in [0.1, 0.15) is 10.7 Å². The van der Waals surface area contributed by atoms with Gasteiger partial charge in [0.15, 0.2) is 0 Å². The molecule has 1 aromatic rings. The largest absolute Gasteiger partial charge is 0.497 e. The molecule has 2 unspecified atom stereocenters. The molecular weight excluding hydrogens is 179 g/mol. The van der Waals surface area contributed by atoms with Crippen LogP contribution in [0.3, 0.4) is 0 Å². The molecule has 0 aliphatic carbocycles. The van der Waals surface area contributed by atoms with E-state index in [1.165, 1.54) is 0 Å². The summed E-state index contributed by atoms with van der Waals surface area (Å²) in [6.07, 6.45) is 0. The highest BCUT2D eigenvalue weighted by Crippen LogP contribution is 2.29. The van der Waals surface area contributed by atoms with Crippen molar-refractivity contribution in [3.63, 3.8) is 0 Å². The molecule has 3 heteroatoms. The maximum absolute atomic E-state index is 5.84. The highest BCUT2D eigenvalue weighted by atomic mass is 35.5. The van der Waals surface area contributed by atoms with E-state index < -0.39 is 0 Å². The Morgan fingerprint density at radius 2 is 2.27 bits per heavy atom. The minimum Gasteiger partial charge on any atom is -0.497 e. The second-order valence-electron chi connectivity index (χ2n) is 2.18. The number of benzene rings is 1. The molecular formula is C8H10ClOP. The average molecular weight is 189 g/mol. The van der Waals surface area contributed by atoms with Gasteiger partial charge in [-0.25, -0.2) is 0 Å². The molecule has 2 atom stereocenters. The zero-order valence-corrected chi connectivity index (χ0v) is 8.16. The number of methoxy groups -OCH3 is 1. The molecule has 0 aliphatic rings. The van der Waals surface area contributed by atoms with Gasteiger partial charge >= 0.3 is 0 Å². The van der Waals surface area contributed by atoms with Crippen LogP contribution in [0.15, 0.2) is 24.3 Å². The molecule has 0 heterocycles. The quantitative estimate of drug-likeness (QED) is 0.512. The van der Waals surface area contributed by atoms with Crippen molar-refractivity contribution in [2.24, 2.45) is 0 Å². The van der Waals surface area contributed by atoms with E-state index in [-0.39, 0.29) is 5.12 Å². The van der Waals surface area contributed by atoms with E-state index in [2.05, 4.69) is 9.24 Å². The van der Waals surface area contributed by atoms with Gasteiger partial charge in [0.1, 0.15) is 5.75 Å². The Hall–Kier alpha value is -0.260. The molecule has 0 saturated heterocycles. The molecule has 0 saturated carbocycles. The Kier molecular flexibility index (Phi) is 3.16. The topological polar surface area (TPSA) is 9.23 Å². The second kappa shape index (κ2) is 3.94. The van der Waals surface area contributed by atoms with Crippen molar-refractivity contribution < 1.29 is 4.74 Å². The van der Waals surface area contributed by atoms with E-state index in [1.54, 1.807) is 7.11 Å². The van der Waals surface area contributed by atoms with Crippen molar-refractivity contribution in [2.75, 3.05) is 7.11 Å². The molecule has 1 rings (SSSR count). The Balaban J connectivity index is 2.91. The van der Waals surface area contributed by atoms with E-state index in [0.717, 1.165) is 11.3 Å². The molecule has 0 spiro atoms. The molecule has 11 heavy (non-hydrogen) atoms. The number of rotatable bonds is 2. The van der Waals surface area contributed by atoms with Gasteiger partial charge in [0.05, 0.1) is 12.2 Å². The van der Waals surface area contributed by atoms with Gasteiger partial charge in [0, 0.05) is 0 Å². The lowest BCUT2D eigenvalue weighted by Crippen LogP contribution is -1.85. The van der Waals surface area contributed by atoms with Crippen molar-refractivity contribution in [3.05, 3.63) is 29.8 Å². The number of hydrogen-bond acceptors (Lipinski definition) is 1. The van der Waals surface area contributed by atoms with Gasteiger partial charge in [-0.05, 0) is 17.7 Å². The normalized spacial score (nSPS) is 12.6. The van der Waals surface area contributed by atoms with Crippen LogP contribution in [0.4, 0.5) is 0 Å². The Morgan fingerprint density at radius 3 is 2.82 bits per heavy atom. The Bertz CT molecular complexity index is 237. The second-order valence-corrected chi connectivity index (χ2v) is 3.74. The maximum atomic E-state index is 5.84. The SMILES string of the molecule is COc1cccc(C(P)Cl)c1. The summed E-state index contributed by atoms with van der Waals surface area (Å²) in [6.45, 7) is 0. The van der Waals surface area contributed by atoms with Gasteiger partial charge in [0.2, 0.25) is 0 Å². The van der Waals surface area contributed by atoms with Gasteiger partial charge < -0.3 is 4.74 Å². The highest BCUT2D eigenvalue weighted by molar-refractivity contribution is 7.20. The summed E-state index contributed by atoms with van der Waals surface area (Å²) in [4.78, 5) is 0. The zero-order chi connectivity index (χ0) is 8.27. The summed E-state index contributed by atoms with van der Waals surface area (Å²) >= 11 is 5.84. The first-order valence-electron chi connectivity index (χ1n) is 3.27. The number of hydrogen-bond donors (Lipinski definition) is 0. The zero-order valence-electron chi connectivity index (χ0n) is 6.25. The van der Waals surface area contributed by atoms with Crippen LogP contribution in [-0.4, -0.2) is 7.11 Å². The van der Waals surface area contributed by atoms with Gasteiger partial charge in [-0.2, -0.15) is 0 Å². The van der Waals surface area contributed by atoms with Gasteiger partial charge in [-0.1, -0.05) is 12.1 Å². The number of alkyl halides is 1. The fraction of sp³-hybridized carbons (Fsp3) is 0.250. The first-order valence-corrected chi connectivity index (χ1v) is 4.38. The molecule has 0 aliphatic heterocycles. The third-order valence-corrected chi connectivity index (χ3v) is 2.05. The first-order chi connectivity index (χ1) is 5.24. The molecule has 0 bridgehead atoms. The molecule has 0 amide bonds. The lowest BCUT2D eigenvalue weighted by Gasteiger charge is -2.04. The lowest BCUT2D eigenvalue weighted by atomic mass is 10.2. The van der Waals surface area contributed by atoms with E-state index in [1.807, 2.05) is 24.3 Å². The molecule has 1 aromatic carbocycles. The average Bonchev–Trinajstić information content (AvgIpc) is 2.05. The van der Waals surface area contributed by atoms with E-state index in [4.69, 9.17) is 16.3 Å². The van der Waals surface area contributed by atoms with Crippen LogP contribution in [0.2, 0.25) is 0 Å².